The third kappa shape index (κ3) is 3.99. The maximum Gasteiger partial charge on any atom is 0.314 e. The Balaban J connectivity index is 1.83. The van der Waals surface area contributed by atoms with E-state index in [4.69, 9.17) is 9.47 Å². The van der Waals surface area contributed by atoms with Gasteiger partial charge in [-0.1, -0.05) is 19.8 Å². The number of benzene rings is 1. The van der Waals surface area contributed by atoms with Crippen molar-refractivity contribution in [1.82, 2.24) is 0 Å². The van der Waals surface area contributed by atoms with Crippen LogP contribution in [-0.4, -0.2) is 13.1 Å². The zero-order valence-corrected chi connectivity index (χ0v) is 12.4. The van der Waals surface area contributed by atoms with Gasteiger partial charge < -0.3 is 9.47 Å². The second-order valence-electron chi connectivity index (χ2n) is 5.60. The topological polar surface area (TPSA) is 35.5 Å². The second-order valence-corrected chi connectivity index (χ2v) is 5.60. The molecule has 3 nitrogen and oxygen atoms in total. The van der Waals surface area contributed by atoms with Crippen molar-refractivity contribution >= 4 is 5.97 Å². The van der Waals surface area contributed by atoms with Gasteiger partial charge in [0.2, 0.25) is 0 Å². The van der Waals surface area contributed by atoms with Gasteiger partial charge in [0.1, 0.15) is 11.5 Å². The molecule has 1 aliphatic rings. The molecule has 20 heavy (non-hydrogen) atoms. The highest BCUT2D eigenvalue weighted by Gasteiger charge is 2.27. The summed E-state index contributed by atoms with van der Waals surface area (Å²) in [6, 6.07) is 7.17. The van der Waals surface area contributed by atoms with E-state index in [1.54, 1.807) is 31.4 Å². The summed E-state index contributed by atoms with van der Waals surface area (Å²) in [6.45, 7) is 2.23. The monoisotopic (exact) mass is 276 g/mol. The maximum absolute atomic E-state index is 12.1. The normalized spacial score (nSPS) is 22.3. The predicted molar refractivity (Wildman–Crippen MR) is 79.0 cm³/mol. The Kier molecular flexibility index (Phi) is 5.45. The van der Waals surface area contributed by atoms with Crippen LogP contribution >= 0.6 is 0 Å². The molecule has 2 rings (SSSR count). The van der Waals surface area contributed by atoms with E-state index in [1.165, 1.54) is 12.8 Å². The molecule has 0 amide bonds. The number of ether oxygens (including phenoxy) is 2. The third-order valence-electron chi connectivity index (χ3n) is 4.15. The van der Waals surface area contributed by atoms with Crippen molar-refractivity contribution in [3.63, 3.8) is 0 Å². The quantitative estimate of drug-likeness (QED) is 0.597. The summed E-state index contributed by atoms with van der Waals surface area (Å²) >= 11 is 0. The molecule has 0 saturated heterocycles. The fourth-order valence-corrected chi connectivity index (χ4v) is 2.94. The zero-order chi connectivity index (χ0) is 14.4. The van der Waals surface area contributed by atoms with Crippen LogP contribution in [0.2, 0.25) is 0 Å². The molecule has 0 unspecified atom stereocenters. The van der Waals surface area contributed by atoms with E-state index in [9.17, 15) is 4.79 Å². The number of esters is 1. The average molecular weight is 276 g/mol. The summed E-state index contributed by atoms with van der Waals surface area (Å²) < 4.78 is 10.5. The number of methoxy groups -OCH3 is 1. The van der Waals surface area contributed by atoms with Gasteiger partial charge in [-0.3, -0.25) is 4.79 Å². The molecule has 0 spiro atoms. The fourth-order valence-electron chi connectivity index (χ4n) is 2.94. The molecule has 1 saturated carbocycles. The van der Waals surface area contributed by atoms with E-state index < -0.39 is 0 Å². The molecule has 0 radical (unpaired) electrons. The van der Waals surface area contributed by atoms with Gasteiger partial charge in [0, 0.05) is 0 Å². The van der Waals surface area contributed by atoms with E-state index in [1.807, 2.05) is 0 Å². The molecular formula is C17H24O3. The van der Waals surface area contributed by atoms with Crippen molar-refractivity contribution in [2.45, 2.75) is 45.4 Å². The minimum atomic E-state index is -0.0786. The molecule has 1 aromatic carbocycles. The van der Waals surface area contributed by atoms with Gasteiger partial charge in [0.25, 0.3) is 0 Å². The molecule has 0 aliphatic heterocycles. The van der Waals surface area contributed by atoms with Crippen LogP contribution in [0.1, 0.15) is 45.4 Å². The lowest BCUT2D eigenvalue weighted by atomic mass is 9.80. The highest BCUT2D eigenvalue weighted by Crippen LogP contribution is 2.32. The van der Waals surface area contributed by atoms with Crippen molar-refractivity contribution in [2.75, 3.05) is 7.11 Å². The van der Waals surface area contributed by atoms with E-state index in [0.717, 1.165) is 37.4 Å². The maximum atomic E-state index is 12.1. The summed E-state index contributed by atoms with van der Waals surface area (Å²) in [5.41, 5.74) is 0. The van der Waals surface area contributed by atoms with E-state index in [2.05, 4.69) is 6.92 Å². The summed E-state index contributed by atoms with van der Waals surface area (Å²) in [5, 5.41) is 0. The van der Waals surface area contributed by atoms with Gasteiger partial charge in [-0.05, 0) is 55.9 Å². The Bertz CT molecular complexity index is 416. The molecule has 0 heterocycles. The van der Waals surface area contributed by atoms with Crippen LogP contribution in [0, 0.1) is 11.8 Å². The summed E-state index contributed by atoms with van der Waals surface area (Å²) in [6.07, 6.45) is 6.80. The van der Waals surface area contributed by atoms with Crippen molar-refractivity contribution in [1.29, 1.82) is 0 Å². The Morgan fingerprint density at radius 2 is 1.70 bits per heavy atom. The lowest BCUT2D eigenvalue weighted by molar-refractivity contribution is -0.140. The molecule has 0 aromatic heterocycles. The molecule has 3 heteroatoms. The minimum absolute atomic E-state index is 0.0743. The van der Waals surface area contributed by atoms with Gasteiger partial charge in [-0.15, -0.1) is 0 Å². The summed E-state index contributed by atoms with van der Waals surface area (Å²) in [4.78, 5) is 12.1. The first-order chi connectivity index (χ1) is 9.72. The van der Waals surface area contributed by atoms with Crippen molar-refractivity contribution in [3.05, 3.63) is 24.3 Å². The van der Waals surface area contributed by atoms with Crippen molar-refractivity contribution in [2.24, 2.45) is 11.8 Å². The summed E-state index contributed by atoms with van der Waals surface area (Å²) in [7, 11) is 1.62. The van der Waals surface area contributed by atoms with Gasteiger partial charge >= 0.3 is 5.97 Å². The molecule has 0 N–H and O–H groups in total. The predicted octanol–water partition coefficient (Wildman–Crippen LogP) is 4.21. The van der Waals surface area contributed by atoms with Crippen LogP contribution in [0.25, 0.3) is 0 Å². The van der Waals surface area contributed by atoms with Crippen LogP contribution < -0.4 is 9.47 Å². The largest absolute Gasteiger partial charge is 0.497 e. The minimum Gasteiger partial charge on any atom is -0.497 e. The Hall–Kier alpha value is -1.51. The number of hydrogen-bond donors (Lipinski definition) is 0. The summed E-state index contributed by atoms with van der Waals surface area (Å²) in [5.74, 6) is 2.18. The first-order valence-corrected chi connectivity index (χ1v) is 7.58. The number of rotatable bonds is 5. The molecule has 110 valence electrons. The highest BCUT2D eigenvalue weighted by molar-refractivity contribution is 5.75. The molecule has 0 atom stereocenters. The first-order valence-electron chi connectivity index (χ1n) is 7.58. The number of carbonyl (C=O) groups excluding carboxylic acids is 1. The molecule has 1 aliphatic carbocycles. The van der Waals surface area contributed by atoms with Crippen LogP contribution in [0.5, 0.6) is 11.5 Å². The SMILES string of the molecule is CCC[C@H]1CC[C@H](C(=O)Oc2ccc(OC)cc2)CC1. The lowest BCUT2D eigenvalue weighted by Gasteiger charge is -2.26. The van der Waals surface area contributed by atoms with Gasteiger partial charge in [-0.2, -0.15) is 0 Å². The highest BCUT2D eigenvalue weighted by atomic mass is 16.5. The first kappa shape index (κ1) is 14.9. The van der Waals surface area contributed by atoms with Crippen LogP contribution in [0.3, 0.4) is 0 Å². The van der Waals surface area contributed by atoms with Crippen LogP contribution in [-0.2, 0) is 4.79 Å². The van der Waals surface area contributed by atoms with Gasteiger partial charge in [0.15, 0.2) is 0 Å². The Morgan fingerprint density at radius 1 is 1.10 bits per heavy atom. The Labute approximate surface area is 121 Å². The molecular weight excluding hydrogens is 252 g/mol. The number of carbonyl (C=O) groups is 1. The van der Waals surface area contributed by atoms with E-state index in [-0.39, 0.29) is 11.9 Å². The van der Waals surface area contributed by atoms with Crippen molar-refractivity contribution in [3.8, 4) is 11.5 Å². The molecule has 0 bridgehead atoms. The second kappa shape index (κ2) is 7.32. The van der Waals surface area contributed by atoms with E-state index >= 15 is 0 Å². The van der Waals surface area contributed by atoms with Gasteiger partial charge in [-0.25, -0.2) is 0 Å². The standard InChI is InChI=1S/C17H24O3/c1-3-4-13-5-7-14(8-6-13)17(18)20-16-11-9-15(19-2)10-12-16/h9-14H,3-8H2,1-2H3/t13-,14-. The van der Waals surface area contributed by atoms with Crippen LogP contribution in [0.4, 0.5) is 0 Å². The van der Waals surface area contributed by atoms with Gasteiger partial charge in [0.05, 0.1) is 13.0 Å². The number of hydrogen-bond acceptors (Lipinski definition) is 3. The average Bonchev–Trinajstić information content (AvgIpc) is 2.49. The van der Waals surface area contributed by atoms with Crippen LogP contribution in [0.15, 0.2) is 24.3 Å². The fraction of sp³-hybridized carbons (Fsp3) is 0.588. The Morgan fingerprint density at radius 3 is 2.25 bits per heavy atom. The molecule has 1 aromatic rings. The third-order valence-corrected chi connectivity index (χ3v) is 4.15. The zero-order valence-electron chi connectivity index (χ0n) is 12.4. The van der Waals surface area contributed by atoms with E-state index in [0.29, 0.717) is 5.75 Å². The smallest absolute Gasteiger partial charge is 0.314 e. The van der Waals surface area contributed by atoms with Crippen molar-refractivity contribution < 1.29 is 14.3 Å². The lowest BCUT2D eigenvalue weighted by Crippen LogP contribution is -2.25. The molecule has 1 fully saturated rings.